The van der Waals surface area contributed by atoms with E-state index >= 15 is 0 Å². The number of benzene rings is 1. The topological polar surface area (TPSA) is 70.2 Å². The van der Waals surface area contributed by atoms with Crippen LogP contribution in [0, 0.1) is 0 Å². The van der Waals surface area contributed by atoms with Gasteiger partial charge in [0.1, 0.15) is 0 Å². The maximum Gasteiger partial charge on any atom is 0.237 e. The van der Waals surface area contributed by atoms with Gasteiger partial charge < -0.3 is 16.0 Å². The number of halogens is 1. The van der Waals surface area contributed by atoms with E-state index in [1.54, 1.807) is 24.3 Å². The summed E-state index contributed by atoms with van der Waals surface area (Å²) in [5, 5.41) is 9.62. The molecule has 0 aromatic heterocycles. The third kappa shape index (κ3) is 3.42. The van der Waals surface area contributed by atoms with Crippen LogP contribution in [-0.2, 0) is 9.59 Å². The number of rotatable bonds is 3. The summed E-state index contributed by atoms with van der Waals surface area (Å²) in [5.74, 6) is -0.299. The molecule has 2 fully saturated rings. The lowest BCUT2D eigenvalue weighted by Crippen LogP contribution is -2.65. The van der Waals surface area contributed by atoms with Crippen molar-refractivity contribution in [1.82, 2.24) is 10.6 Å². The second kappa shape index (κ2) is 6.67. The summed E-state index contributed by atoms with van der Waals surface area (Å²) in [6.07, 6.45) is 4.50. The Hall–Kier alpha value is -1.59. The fourth-order valence-electron chi connectivity index (χ4n) is 3.22. The zero-order chi connectivity index (χ0) is 15.5. The molecule has 0 radical (unpaired) electrons. The normalized spacial score (nSPS) is 27.7. The summed E-state index contributed by atoms with van der Waals surface area (Å²) in [6, 6.07) is 7.09. The summed E-state index contributed by atoms with van der Waals surface area (Å²) < 4.78 is 0. The SMILES string of the molecule is O=C(C[C@@H]1N[C@@H]2CCCC[C@@H]2NC1=O)Nc1ccccc1Cl. The first kappa shape index (κ1) is 15.3. The Morgan fingerprint density at radius 2 is 1.95 bits per heavy atom. The standard InChI is InChI=1S/C16H20ClN3O2/c17-10-5-1-2-6-11(10)19-15(21)9-14-16(22)20-13-8-4-3-7-12(13)18-14/h1-2,5-6,12-14,18H,3-4,7-9H2,(H,19,21)(H,20,22)/t12-,13+,14+/m1/s1. The van der Waals surface area contributed by atoms with Gasteiger partial charge in [0.25, 0.3) is 0 Å². The van der Waals surface area contributed by atoms with Gasteiger partial charge in [0, 0.05) is 12.1 Å². The molecule has 3 rings (SSSR count). The van der Waals surface area contributed by atoms with Gasteiger partial charge in [-0.25, -0.2) is 0 Å². The van der Waals surface area contributed by atoms with Crippen LogP contribution in [0.25, 0.3) is 0 Å². The second-order valence-electron chi connectivity index (χ2n) is 5.96. The molecule has 0 unspecified atom stereocenters. The maximum absolute atomic E-state index is 12.1. The molecule has 0 bridgehead atoms. The number of nitrogens with one attached hydrogen (secondary N) is 3. The minimum Gasteiger partial charge on any atom is -0.350 e. The lowest BCUT2D eigenvalue weighted by atomic mass is 9.87. The Labute approximate surface area is 134 Å². The molecule has 3 N–H and O–H groups in total. The molecule has 118 valence electrons. The number of anilines is 1. The largest absolute Gasteiger partial charge is 0.350 e. The van der Waals surface area contributed by atoms with Gasteiger partial charge in [-0.15, -0.1) is 0 Å². The molecule has 1 saturated heterocycles. The van der Waals surface area contributed by atoms with Gasteiger partial charge in [0.05, 0.1) is 23.2 Å². The van der Waals surface area contributed by atoms with Crippen LogP contribution in [0.4, 0.5) is 5.69 Å². The molecule has 0 spiro atoms. The van der Waals surface area contributed by atoms with Crippen molar-refractivity contribution >= 4 is 29.1 Å². The van der Waals surface area contributed by atoms with E-state index in [9.17, 15) is 9.59 Å². The second-order valence-corrected chi connectivity index (χ2v) is 6.36. The van der Waals surface area contributed by atoms with E-state index in [2.05, 4.69) is 16.0 Å². The van der Waals surface area contributed by atoms with Crippen LogP contribution < -0.4 is 16.0 Å². The van der Waals surface area contributed by atoms with E-state index < -0.39 is 6.04 Å². The van der Waals surface area contributed by atoms with Gasteiger partial charge in [-0.05, 0) is 25.0 Å². The molecule has 6 heteroatoms. The van der Waals surface area contributed by atoms with Crippen LogP contribution >= 0.6 is 11.6 Å². The van der Waals surface area contributed by atoms with Gasteiger partial charge in [-0.3, -0.25) is 9.59 Å². The number of fused-ring (bicyclic) bond motifs is 1. The summed E-state index contributed by atoms with van der Waals surface area (Å²) in [6.45, 7) is 0. The number of para-hydroxylation sites is 1. The van der Waals surface area contributed by atoms with Crippen molar-refractivity contribution in [2.45, 2.75) is 50.2 Å². The van der Waals surface area contributed by atoms with Gasteiger partial charge in [0.15, 0.2) is 0 Å². The van der Waals surface area contributed by atoms with Crippen molar-refractivity contribution in [3.05, 3.63) is 29.3 Å². The highest BCUT2D eigenvalue weighted by Gasteiger charge is 2.36. The number of carbonyl (C=O) groups excluding carboxylic acids is 2. The van der Waals surface area contributed by atoms with Gasteiger partial charge in [-0.1, -0.05) is 36.6 Å². The molecule has 5 nitrogen and oxygen atoms in total. The van der Waals surface area contributed by atoms with Crippen LogP contribution in [0.2, 0.25) is 5.02 Å². The van der Waals surface area contributed by atoms with Crippen LogP contribution in [0.3, 0.4) is 0 Å². The number of amides is 2. The first-order chi connectivity index (χ1) is 10.6. The summed E-state index contributed by atoms with van der Waals surface area (Å²) >= 11 is 6.02. The van der Waals surface area contributed by atoms with E-state index in [-0.39, 0.29) is 30.3 Å². The zero-order valence-electron chi connectivity index (χ0n) is 12.3. The Balaban J connectivity index is 1.59. The van der Waals surface area contributed by atoms with Crippen molar-refractivity contribution in [1.29, 1.82) is 0 Å². The molecular weight excluding hydrogens is 302 g/mol. The van der Waals surface area contributed by atoms with Gasteiger partial charge in [-0.2, -0.15) is 0 Å². The molecule has 2 aliphatic rings. The molecule has 22 heavy (non-hydrogen) atoms. The van der Waals surface area contributed by atoms with E-state index in [1.165, 1.54) is 6.42 Å². The quantitative estimate of drug-likeness (QED) is 0.798. The van der Waals surface area contributed by atoms with Gasteiger partial charge in [0.2, 0.25) is 11.8 Å². The Morgan fingerprint density at radius 1 is 1.23 bits per heavy atom. The molecule has 1 saturated carbocycles. The molecule has 1 aliphatic heterocycles. The third-order valence-electron chi connectivity index (χ3n) is 4.36. The zero-order valence-corrected chi connectivity index (χ0v) is 13.0. The highest BCUT2D eigenvalue weighted by Crippen LogP contribution is 2.23. The first-order valence-corrected chi connectivity index (χ1v) is 8.12. The summed E-state index contributed by atoms with van der Waals surface area (Å²) in [5.41, 5.74) is 0.570. The minimum atomic E-state index is -0.471. The molecule has 2 amide bonds. The van der Waals surface area contributed by atoms with Crippen molar-refractivity contribution in [2.24, 2.45) is 0 Å². The molecule has 3 atom stereocenters. The Morgan fingerprint density at radius 3 is 2.73 bits per heavy atom. The predicted octanol–water partition coefficient (Wildman–Crippen LogP) is 2.07. The molecule has 1 aliphatic carbocycles. The monoisotopic (exact) mass is 321 g/mol. The summed E-state index contributed by atoms with van der Waals surface area (Å²) in [7, 11) is 0. The smallest absolute Gasteiger partial charge is 0.237 e. The number of piperazine rings is 1. The minimum absolute atomic E-state index is 0.0857. The average molecular weight is 322 g/mol. The highest BCUT2D eigenvalue weighted by molar-refractivity contribution is 6.33. The van der Waals surface area contributed by atoms with E-state index in [0.717, 1.165) is 19.3 Å². The Kier molecular flexibility index (Phi) is 4.64. The lowest BCUT2D eigenvalue weighted by molar-refractivity contribution is -0.129. The maximum atomic E-state index is 12.1. The molecule has 1 aromatic carbocycles. The highest BCUT2D eigenvalue weighted by atomic mass is 35.5. The molecule has 1 heterocycles. The fourth-order valence-corrected chi connectivity index (χ4v) is 3.40. The number of carbonyl (C=O) groups is 2. The van der Waals surface area contributed by atoms with Crippen molar-refractivity contribution in [3.8, 4) is 0 Å². The Bertz CT molecular complexity index is 578. The van der Waals surface area contributed by atoms with E-state index in [1.807, 2.05) is 0 Å². The van der Waals surface area contributed by atoms with Crippen LogP contribution in [-0.4, -0.2) is 29.9 Å². The first-order valence-electron chi connectivity index (χ1n) is 7.74. The predicted molar refractivity (Wildman–Crippen MR) is 85.8 cm³/mol. The average Bonchev–Trinajstić information content (AvgIpc) is 2.50. The number of hydrogen-bond donors (Lipinski definition) is 3. The van der Waals surface area contributed by atoms with Crippen molar-refractivity contribution in [3.63, 3.8) is 0 Å². The summed E-state index contributed by atoms with van der Waals surface area (Å²) in [4.78, 5) is 24.3. The lowest BCUT2D eigenvalue weighted by Gasteiger charge is -2.40. The van der Waals surface area contributed by atoms with Crippen LogP contribution in [0.15, 0.2) is 24.3 Å². The van der Waals surface area contributed by atoms with E-state index in [4.69, 9.17) is 11.6 Å². The van der Waals surface area contributed by atoms with Gasteiger partial charge >= 0.3 is 0 Å². The number of hydrogen-bond acceptors (Lipinski definition) is 3. The van der Waals surface area contributed by atoms with Crippen molar-refractivity contribution in [2.75, 3.05) is 5.32 Å². The third-order valence-corrected chi connectivity index (χ3v) is 4.69. The van der Waals surface area contributed by atoms with Crippen molar-refractivity contribution < 1.29 is 9.59 Å². The molecule has 1 aromatic rings. The van der Waals surface area contributed by atoms with Crippen LogP contribution in [0.5, 0.6) is 0 Å². The van der Waals surface area contributed by atoms with E-state index in [0.29, 0.717) is 10.7 Å². The fraction of sp³-hybridized carbons (Fsp3) is 0.500. The van der Waals surface area contributed by atoms with Crippen LogP contribution in [0.1, 0.15) is 32.1 Å². The molecular formula is C16H20ClN3O2.